The molecule has 0 radical (unpaired) electrons. The van der Waals surface area contributed by atoms with Crippen molar-refractivity contribution in [2.45, 2.75) is 57.3 Å². The number of aliphatic hydroxyl groups is 1. The van der Waals surface area contributed by atoms with E-state index in [9.17, 15) is 9.90 Å². The maximum Gasteiger partial charge on any atom is 0.349 e. The molecule has 25 heavy (non-hydrogen) atoms. The molecule has 1 aliphatic rings. The van der Waals surface area contributed by atoms with Gasteiger partial charge in [0.1, 0.15) is 16.3 Å². The molecule has 0 saturated heterocycles. The second kappa shape index (κ2) is 6.57. The normalized spacial score (nSPS) is 21.3. The Balaban J connectivity index is 2.04. The fourth-order valence-electron chi connectivity index (χ4n) is 2.87. The summed E-state index contributed by atoms with van der Waals surface area (Å²) in [5.74, 6) is -0.440. The largest absolute Gasteiger partial charge is 0.511 e. The number of benzene rings is 1. The van der Waals surface area contributed by atoms with Crippen LogP contribution in [0.25, 0.3) is 11.0 Å². The highest BCUT2D eigenvalue weighted by Gasteiger charge is 2.38. The average Bonchev–Trinajstić information content (AvgIpc) is 2.88. The molecule has 1 unspecified atom stereocenters. The van der Waals surface area contributed by atoms with Gasteiger partial charge in [-0.05, 0) is 57.2 Å². The van der Waals surface area contributed by atoms with Gasteiger partial charge in [-0.15, -0.1) is 0 Å². The molecule has 1 N–H and O–H groups in total. The van der Waals surface area contributed by atoms with E-state index in [1.807, 2.05) is 44.4 Å². The first-order chi connectivity index (χ1) is 11.7. The lowest BCUT2D eigenvalue weighted by Gasteiger charge is -2.32. The number of cyclic esters (lactones) is 1. The number of imidazole rings is 1. The number of thioether (sulfide) groups is 1. The summed E-state index contributed by atoms with van der Waals surface area (Å²) in [6.07, 6.45) is 0.953. The number of carbonyl (C=O) groups is 1. The van der Waals surface area contributed by atoms with Crippen LogP contribution in [-0.4, -0.2) is 26.2 Å². The van der Waals surface area contributed by atoms with Crippen molar-refractivity contribution in [3.05, 3.63) is 33.9 Å². The van der Waals surface area contributed by atoms with Crippen molar-refractivity contribution in [2.24, 2.45) is 0 Å². The molecule has 0 saturated carbocycles. The first kappa shape index (κ1) is 18.1. The molecule has 0 aliphatic carbocycles. The zero-order valence-electron chi connectivity index (χ0n) is 14.7. The summed E-state index contributed by atoms with van der Waals surface area (Å²) in [5.41, 5.74) is 1.03. The molecular weight excluding hydrogens is 360 g/mol. The summed E-state index contributed by atoms with van der Waals surface area (Å²) in [6.45, 7) is 7.84. The van der Waals surface area contributed by atoms with E-state index in [0.29, 0.717) is 23.0 Å². The van der Waals surface area contributed by atoms with Gasteiger partial charge in [-0.3, -0.25) is 0 Å². The molecule has 2 aromatic rings. The second-order valence-electron chi connectivity index (χ2n) is 6.74. The van der Waals surface area contributed by atoms with Crippen LogP contribution in [0.4, 0.5) is 0 Å². The smallest absolute Gasteiger partial charge is 0.349 e. The van der Waals surface area contributed by atoms with Crippen molar-refractivity contribution in [2.75, 3.05) is 0 Å². The van der Waals surface area contributed by atoms with Crippen LogP contribution in [-0.2, 0) is 9.53 Å². The molecule has 1 atom stereocenters. The molecule has 7 heteroatoms. The number of aliphatic hydroxyl groups excluding tert-OH is 1. The van der Waals surface area contributed by atoms with Gasteiger partial charge in [-0.2, -0.15) is 0 Å². The summed E-state index contributed by atoms with van der Waals surface area (Å²) >= 11 is 7.21. The maximum absolute atomic E-state index is 12.4. The standard InChI is InChI=1S/C18H21ClN2O3S/c1-5-18(4)9-14(22)15(16(23)24-18)25-17-20-12-8-11(19)6-7-13(12)21(17)10(2)3/h6-8,10,22H,5,9H2,1-4H3. The van der Waals surface area contributed by atoms with Crippen molar-refractivity contribution < 1.29 is 14.6 Å². The van der Waals surface area contributed by atoms with E-state index >= 15 is 0 Å². The summed E-state index contributed by atoms with van der Waals surface area (Å²) in [7, 11) is 0. The predicted octanol–water partition coefficient (Wildman–Crippen LogP) is 5.25. The van der Waals surface area contributed by atoms with E-state index in [2.05, 4.69) is 4.98 Å². The quantitative estimate of drug-likeness (QED) is 0.734. The SMILES string of the molecule is CCC1(C)CC(O)=C(Sc2nc3cc(Cl)ccc3n2C(C)C)C(=O)O1. The molecule has 1 aromatic carbocycles. The van der Waals surface area contributed by atoms with Gasteiger partial charge in [0, 0.05) is 17.5 Å². The van der Waals surface area contributed by atoms with E-state index in [4.69, 9.17) is 16.3 Å². The summed E-state index contributed by atoms with van der Waals surface area (Å²) in [6, 6.07) is 5.66. The van der Waals surface area contributed by atoms with Crippen LogP contribution in [0.3, 0.4) is 0 Å². The topological polar surface area (TPSA) is 64.4 Å². The Morgan fingerprint density at radius 3 is 2.80 bits per heavy atom. The Morgan fingerprint density at radius 2 is 2.20 bits per heavy atom. The average molecular weight is 381 g/mol. The van der Waals surface area contributed by atoms with Crippen molar-refractivity contribution in [1.29, 1.82) is 0 Å². The van der Waals surface area contributed by atoms with E-state index < -0.39 is 11.6 Å². The van der Waals surface area contributed by atoms with Gasteiger partial charge in [0.15, 0.2) is 5.16 Å². The van der Waals surface area contributed by atoms with Gasteiger partial charge in [-0.25, -0.2) is 9.78 Å². The van der Waals surface area contributed by atoms with Crippen LogP contribution < -0.4 is 0 Å². The Labute approximate surface area is 156 Å². The third-order valence-corrected chi connectivity index (χ3v) is 5.72. The van der Waals surface area contributed by atoms with Crippen LogP contribution in [0.5, 0.6) is 0 Å². The molecule has 0 bridgehead atoms. The van der Waals surface area contributed by atoms with E-state index in [0.717, 1.165) is 22.8 Å². The number of rotatable bonds is 4. The Morgan fingerprint density at radius 1 is 1.48 bits per heavy atom. The lowest BCUT2D eigenvalue weighted by Crippen LogP contribution is -2.36. The van der Waals surface area contributed by atoms with Gasteiger partial charge < -0.3 is 14.4 Å². The number of fused-ring (bicyclic) bond motifs is 1. The molecule has 0 fully saturated rings. The van der Waals surface area contributed by atoms with Crippen molar-refractivity contribution in [3.63, 3.8) is 0 Å². The Hall–Kier alpha value is -1.66. The molecule has 1 aliphatic heterocycles. The fourth-order valence-corrected chi connectivity index (χ4v) is 4.08. The summed E-state index contributed by atoms with van der Waals surface area (Å²) in [5, 5.41) is 11.7. The first-order valence-electron chi connectivity index (χ1n) is 8.25. The number of carbonyl (C=O) groups excluding carboxylic acids is 1. The van der Waals surface area contributed by atoms with Crippen LogP contribution in [0, 0.1) is 0 Å². The van der Waals surface area contributed by atoms with Crippen LogP contribution in [0.15, 0.2) is 34.0 Å². The van der Waals surface area contributed by atoms with Crippen molar-refractivity contribution >= 4 is 40.4 Å². The molecular formula is C18H21ClN2O3S. The van der Waals surface area contributed by atoms with E-state index in [1.165, 1.54) is 0 Å². The summed E-state index contributed by atoms with van der Waals surface area (Å²) < 4.78 is 7.56. The lowest BCUT2D eigenvalue weighted by molar-refractivity contribution is -0.155. The number of esters is 1. The molecule has 1 aromatic heterocycles. The van der Waals surface area contributed by atoms with Gasteiger partial charge >= 0.3 is 5.97 Å². The number of nitrogens with zero attached hydrogens (tertiary/aromatic N) is 2. The van der Waals surface area contributed by atoms with Crippen molar-refractivity contribution in [3.8, 4) is 0 Å². The zero-order valence-corrected chi connectivity index (χ0v) is 16.2. The molecule has 0 amide bonds. The first-order valence-corrected chi connectivity index (χ1v) is 9.44. The van der Waals surface area contributed by atoms with Crippen molar-refractivity contribution in [1.82, 2.24) is 9.55 Å². The highest BCUT2D eigenvalue weighted by Crippen LogP contribution is 2.40. The number of aromatic nitrogens is 2. The number of halogens is 1. The lowest BCUT2D eigenvalue weighted by atomic mass is 9.95. The third-order valence-electron chi connectivity index (χ3n) is 4.40. The van der Waals surface area contributed by atoms with E-state index in [1.54, 1.807) is 6.07 Å². The monoisotopic (exact) mass is 380 g/mol. The summed E-state index contributed by atoms with van der Waals surface area (Å²) in [4.78, 5) is 17.2. The van der Waals surface area contributed by atoms with E-state index in [-0.39, 0.29) is 16.7 Å². The Bertz CT molecular complexity index is 875. The number of ether oxygens (including phenoxy) is 1. The maximum atomic E-state index is 12.4. The molecule has 5 nitrogen and oxygen atoms in total. The van der Waals surface area contributed by atoms with Gasteiger partial charge in [-0.1, -0.05) is 18.5 Å². The second-order valence-corrected chi connectivity index (χ2v) is 8.15. The minimum Gasteiger partial charge on any atom is -0.511 e. The molecule has 134 valence electrons. The Kier molecular flexibility index (Phi) is 4.77. The van der Waals surface area contributed by atoms with Gasteiger partial charge in [0.05, 0.1) is 11.0 Å². The number of hydrogen-bond donors (Lipinski definition) is 1. The van der Waals surface area contributed by atoms with Gasteiger partial charge in [0.2, 0.25) is 0 Å². The van der Waals surface area contributed by atoms with Gasteiger partial charge in [0.25, 0.3) is 0 Å². The third kappa shape index (κ3) is 3.37. The minimum absolute atomic E-state index is 0.0611. The number of hydrogen-bond acceptors (Lipinski definition) is 5. The van der Waals surface area contributed by atoms with Crippen LogP contribution in [0.2, 0.25) is 5.02 Å². The molecule has 3 rings (SSSR count). The fraction of sp³-hybridized carbons (Fsp3) is 0.444. The molecule has 0 spiro atoms. The minimum atomic E-state index is -0.656. The predicted molar refractivity (Wildman–Crippen MR) is 100 cm³/mol. The van der Waals surface area contributed by atoms with Crippen LogP contribution in [0.1, 0.15) is 46.6 Å². The molecule has 2 heterocycles. The highest BCUT2D eigenvalue weighted by atomic mass is 35.5. The highest BCUT2D eigenvalue weighted by molar-refractivity contribution is 8.03. The van der Waals surface area contributed by atoms with Crippen LogP contribution >= 0.6 is 23.4 Å². The zero-order chi connectivity index (χ0) is 18.4.